The van der Waals surface area contributed by atoms with Crippen LogP contribution in [0.15, 0.2) is 78.9 Å². The summed E-state index contributed by atoms with van der Waals surface area (Å²) < 4.78 is 11.7. The minimum atomic E-state index is -1.11. The summed E-state index contributed by atoms with van der Waals surface area (Å²) in [7, 11) is 0. The van der Waals surface area contributed by atoms with Crippen molar-refractivity contribution in [2.24, 2.45) is 5.41 Å². The Kier molecular flexibility index (Phi) is 10.0. The molecule has 1 aliphatic rings. The van der Waals surface area contributed by atoms with Gasteiger partial charge in [-0.05, 0) is 46.6 Å². The standard InChI is InChI=1S/C34H40N2O6/c1-22(41-20-23-12-6-5-7-13-23)31(32(39)35-24(18-30(37)38)19-34(2,3)4)36-33(40)42-21-29-27-16-10-8-14-25(27)26-15-9-11-17-28(26)29/h5-17,22,24,29,31H,18-21H2,1-4H3,(H,35,39)(H,36,40)(H,37,38). The van der Waals surface area contributed by atoms with Crippen LogP contribution in [-0.4, -0.2) is 47.9 Å². The second-order valence-electron chi connectivity index (χ2n) is 12.0. The first-order chi connectivity index (χ1) is 20.0. The van der Waals surface area contributed by atoms with Gasteiger partial charge in [0.15, 0.2) is 0 Å². The Morgan fingerprint density at radius 2 is 1.43 bits per heavy atom. The van der Waals surface area contributed by atoms with Gasteiger partial charge in [0.25, 0.3) is 0 Å². The van der Waals surface area contributed by atoms with Crippen molar-refractivity contribution in [1.29, 1.82) is 0 Å². The molecule has 222 valence electrons. The highest BCUT2D eigenvalue weighted by Gasteiger charge is 2.33. The van der Waals surface area contributed by atoms with Crippen LogP contribution in [0.2, 0.25) is 0 Å². The number of carboxylic acid groups (broad SMARTS) is 1. The maximum atomic E-state index is 13.5. The first kappa shape index (κ1) is 30.8. The van der Waals surface area contributed by atoms with E-state index in [1.807, 2.05) is 87.5 Å². The molecule has 3 N–H and O–H groups in total. The molecule has 3 atom stereocenters. The molecule has 0 spiro atoms. The number of carbonyl (C=O) groups excluding carboxylic acids is 2. The number of amides is 2. The number of benzene rings is 3. The SMILES string of the molecule is CC(OCc1ccccc1)C(NC(=O)OCC1c2ccccc2-c2ccccc21)C(=O)NC(CC(=O)O)CC(C)(C)C. The van der Waals surface area contributed by atoms with Crippen molar-refractivity contribution in [2.45, 2.75) is 71.2 Å². The van der Waals surface area contributed by atoms with Gasteiger partial charge in [0.2, 0.25) is 5.91 Å². The van der Waals surface area contributed by atoms with Crippen LogP contribution in [0.1, 0.15) is 63.1 Å². The smallest absolute Gasteiger partial charge is 0.407 e. The van der Waals surface area contributed by atoms with E-state index in [9.17, 15) is 19.5 Å². The maximum absolute atomic E-state index is 13.5. The molecule has 3 aromatic carbocycles. The number of fused-ring (bicyclic) bond motifs is 3. The van der Waals surface area contributed by atoms with E-state index in [1.165, 1.54) is 0 Å². The minimum absolute atomic E-state index is 0.0963. The van der Waals surface area contributed by atoms with Crippen LogP contribution < -0.4 is 10.6 Å². The fourth-order valence-corrected chi connectivity index (χ4v) is 5.48. The Morgan fingerprint density at radius 1 is 0.857 bits per heavy atom. The molecule has 8 heteroatoms. The van der Waals surface area contributed by atoms with Crippen molar-refractivity contribution in [2.75, 3.05) is 6.61 Å². The molecule has 8 nitrogen and oxygen atoms in total. The third-order valence-electron chi connectivity index (χ3n) is 7.35. The molecule has 0 saturated heterocycles. The lowest BCUT2D eigenvalue weighted by Gasteiger charge is -2.29. The highest BCUT2D eigenvalue weighted by molar-refractivity contribution is 5.87. The number of nitrogens with one attached hydrogen (secondary N) is 2. The summed E-state index contributed by atoms with van der Waals surface area (Å²) in [5.41, 5.74) is 5.09. The number of rotatable bonds is 12. The zero-order valence-electron chi connectivity index (χ0n) is 24.6. The van der Waals surface area contributed by atoms with Gasteiger partial charge in [0.05, 0.1) is 19.1 Å². The molecule has 0 heterocycles. The minimum Gasteiger partial charge on any atom is -0.481 e. The largest absolute Gasteiger partial charge is 0.481 e. The second-order valence-corrected chi connectivity index (χ2v) is 12.0. The number of hydrogen-bond donors (Lipinski definition) is 3. The van der Waals surface area contributed by atoms with E-state index in [1.54, 1.807) is 6.92 Å². The molecule has 0 bridgehead atoms. The van der Waals surface area contributed by atoms with Crippen molar-refractivity contribution in [3.8, 4) is 11.1 Å². The summed E-state index contributed by atoms with van der Waals surface area (Å²) in [6.07, 6.45) is -1.27. The van der Waals surface area contributed by atoms with E-state index in [0.717, 1.165) is 27.8 Å². The zero-order chi connectivity index (χ0) is 30.3. The average Bonchev–Trinajstić information content (AvgIpc) is 3.26. The van der Waals surface area contributed by atoms with Gasteiger partial charge in [-0.25, -0.2) is 4.79 Å². The van der Waals surface area contributed by atoms with Gasteiger partial charge >= 0.3 is 12.1 Å². The molecular formula is C34H40N2O6. The molecule has 42 heavy (non-hydrogen) atoms. The summed E-state index contributed by atoms with van der Waals surface area (Å²) >= 11 is 0. The van der Waals surface area contributed by atoms with E-state index in [2.05, 4.69) is 22.8 Å². The number of carbonyl (C=O) groups is 3. The lowest BCUT2D eigenvalue weighted by molar-refractivity contribution is -0.138. The Balaban J connectivity index is 1.47. The van der Waals surface area contributed by atoms with Crippen molar-refractivity contribution in [3.63, 3.8) is 0 Å². The molecule has 3 aromatic rings. The van der Waals surface area contributed by atoms with Gasteiger partial charge in [-0.3, -0.25) is 9.59 Å². The summed E-state index contributed by atoms with van der Waals surface area (Å²) in [6.45, 7) is 7.97. The van der Waals surface area contributed by atoms with Crippen LogP contribution in [-0.2, 0) is 25.7 Å². The normalized spacial score (nSPS) is 14.7. The van der Waals surface area contributed by atoms with Crippen LogP contribution in [0, 0.1) is 5.41 Å². The Morgan fingerprint density at radius 3 is 2.00 bits per heavy atom. The van der Waals surface area contributed by atoms with E-state index in [4.69, 9.17) is 9.47 Å². The number of carboxylic acids is 1. The van der Waals surface area contributed by atoms with Gasteiger partial charge in [-0.1, -0.05) is 99.6 Å². The zero-order valence-corrected chi connectivity index (χ0v) is 24.6. The highest BCUT2D eigenvalue weighted by atomic mass is 16.5. The maximum Gasteiger partial charge on any atom is 0.407 e. The van der Waals surface area contributed by atoms with Crippen molar-refractivity contribution in [1.82, 2.24) is 10.6 Å². The first-order valence-electron chi connectivity index (χ1n) is 14.3. The van der Waals surface area contributed by atoms with E-state index in [-0.39, 0.29) is 31.0 Å². The lowest BCUT2D eigenvalue weighted by Crippen LogP contribution is -2.55. The topological polar surface area (TPSA) is 114 Å². The molecule has 0 fully saturated rings. The number of alkyl carbamates (subject to hydrolysis) is 1. The Labute approximate surface area is 247 Å². The Bertz CT molecular complexity index is 1340. The monoisotopic (exact) mass is 572 g/mol. The summed E-state index contributed by atoms with van der Waals surface area (Å²) in [5, 5.41) is 15.0. The van der Waals surface area contributed by atoms with E-state index < -0.39 is 36.2 Å². The van der Waals surface area contributed by atoms with Gasteiger partial charge < -0.3 is 25.2 Å². The van der Waals surface area contributed by atoms with Crippen LogP contribution in [0.5, 0.6) is 0 Å². The molecule has 0 aromatic heterocycles. The summed E-state index contributed by atoms with van der Waals surface area (Å²) in [5.74, 6) is -1.67. The third kappa shape index (κ3) is 8.19. The average molecular weight is 573 g/mol. The van der Waals surface area contributed by atoms with Crippen LogP contribution >= 0.6 is 0 Å². The van der Waals surface area contributed by atoms with Gasteiger partial charge in [0, 0.05) is 12.0 Å². The molecule has 4 rings (SSSR count). The first-order valence-corrected chi connectivity index (χ1v) is 14.3. The highest BCUT2D eigenvalue weighted by Crippen LogP contribution is 2.44. The molecule has 1 aliphatic carbocycles. The second kappa shape index (κ2) is 13.7. The van der Waals surface area contributed by atoms with Crippen molar-refractivity contribution >= 4 is 18.0 Å². The number of aliphatic carboxylic acids is 1. The molecular weight excluding hydrogens is 532 g/mol. The third-order valence-corrected chi connectivity index (χ3v) is 7.35. The van der Waals surface area contributed by atoms with Crippen molar-refractivity contribution < 1.29 is 29.0 Å². The molecule has 2 amide bonds. The lowest BCUT2D eigenvalue weighted by atomic mass is 9.87. The summed E-state index contributed by atoms with van der Waals surface area (Å²) in [4.78, 5) is 38.2. The molecule has 0 saturated carbocycles. The predicted octanol–water partition coefficient (Wildman–Crippen LogP) is 5.89. The quantitative estimate of drug-likeness (QED) is 0.249. The number of ether oxygens (including phenoxy) is 2. The van der Waals surface area contributed by atoms with E-state index >= 15 is 0 Å². The van der Waals surface area contributed by atoms with Crippen LogP contribution in [0.3, 0.4) is 0 Å². The van der Waals surface area contributed by atoms with Crippen LogP contribution in [0.4, 0.5) is 4.79 Å². The van der Waals surface area contributed by atoms with Gasteiger partial charge in [-0.2, -0.15) is 0 Å². The van der Waals surface area contributed by atoms with Crippen molar-refractivity contribution in [3.05, 3.63) is 95.6 Å². The Hall–Kier alpha value is -4.17. The van der Waals surface area contributed by atoms with Gasteiger partial charge in [0.1, 0.15) is 12.6 Å². The fraction of sp³-hybridized carbons (Fsp3) is 0.382. The summed E-state index contributed by atoms with van der Waals surface area (Å²) in [6, 6.07) is 23.9. The molecule has 0 aliphatic heterocycles. The fourth-order valence-electron chi connectivity index (χ4n) is 5.48. The molecule has 0 radical (unpaired) electrons. The molecule has 3 unspecified atom stereocenters. The van der Waals surface area contributed by atoms with Crippen LogP contribution in [0.25, 0.3) is 11.1 Å². The number of hydrogen-bond acceptors (Lipinski definition) is 5. The van der Waals surface area contributed by atoms with Gasteiger partial charge in [-0.15, -0.1) is 0 Å². The van der Waals surface area contributed by atoms with E-state index in [0.29, 0.717) is 6.42 Å². The predicted molar refractivity (Wildman–Crippen MR) is 161 cm³/mol.